The molecule has 0 unspecified atom stereocenters. The molecule has 146 valence electrons. The van der Waals surface area contributed by atoms with Gasteiger partial charge in [-0.2, -0.15) is 0 Å². The molecule has 0 spiro atoms. The molecule has 1 heterocycles. The number of hydrogen-bond acceptors (Lipinski definition) is 4. The fourth-order valence-electron chi connectivity index (χ4n) is 2.65. The summed E-state index contributed by atoms with van der Waals surface area (Å²) < 4.78 is 12.2. The van der Waals surface area contributed by atoms with Crippen LogP contribution < -0.4 is 5.32 Å². The zero-order chi connectivity index (χ0) is 20.4. The molecule has 1 fully saturated rings. The van der Waals surface area contributed by atoms with Crippen LogP contribution in [0.25, 0.3) is 6.08 Å². The highest BCUT2D eigenvalue weighted by Crippen LogP contribution is 2.39. The van der Waals surface area contributed by atoms with Crippen LogP contribution in [-0.2, 0) is 25.3 Å². The van der Waals surface area contributed by atoms with Gasteiger partial charge in [0.2, 0.25) is 5.91 Å². The van der Waals surface area contributed by atoms with Gasteiger partial charge in [0, 0.05) is 18.5 Å². The third-order valence-electron chi connectivity index (χ3n) is 4.89. The van der Waals surface area contributed by atoms with E-state index in [1.54, 1.807) is 24.3 Å². The first-order valence-corrected chi connectivity index (χ1v) is 9.10. The Hall–Kier alpha value is -1.83. The normalized spacial score (nSPS) is 18.4. The Morgan fingerprint density at radius 3 is 2.33 bits per heavy atom. The Bertz CT molecular complexity index is 759. The van der Waals surface area contributed by atoms with Gasteiger partial charge in [-0.1, -0.05) is 23.7 Å². The van der Waals surface area contributed by atoms with Crippen molar-refractivity contribution in [3.05, 3.63) is 39.8 Å². The Kier molecular flexibility index (Phi) is 6.40. The van der Waals surface area contributed by atoms with E-state index in [-0.39, 0.29) is 18.9 Å². The number of carboxylic acids is 1. The molecule has 8 heteroatoms. The maximum atomic E-state index is 11.4. The molecule has 2 rings (SSSR count). The number of carbonyl (C=O) groups is 2. The summed E-state index contributed by atoms with van der Waals surface area (Å²) in [6.45, 7) is 9.41. The summed E-state index contributed by atoms with van der Waals surface area (Å²) in [7, 11) is -0.668. The van der Waals surface area contributed by atoms with Crippen LogP contribution in [0.5, 0.6) is 0 Å². The Morgan fingerprint density at radius 1 is 1.22 bits per heavy atom. The van der Waals surface area contributed by atoms with Crippen LogP contribution in [0.1, 0.15) is 45.7 Å². The lowest BCUT2D eigenvalue weighted by Gasteiger charge is -2.32. The third kappa shape index (κ3) is 5.34. The molecule has 0 aromatic heterocycles. The number of nitrogens with one attached hydrogen (secondary N) is 1. The van der Waals surface area contributed by atoms with Gasteiger partial charge in [-0.3, -0.25) is 9.59 Å². The molecule has 0 saturated carbocycles. The van der Waals surface area contributed by atoms with Gasteiger partial charge >= 0.3 is 13.1 Å². The summed E-state index contributed by atoms with van der Waals surface area (Å²) in [5.74, 6) is -1.12. The van der Waals surface area contributed by atoms with Gasteiger partial charge in [0.05, 0.1) is 17.6 Å². The molecule has 1 aromatic rings. The van der Waals surface area contributed by atoms with Crippen molar-refractivity contribution in [2.24, 2.45) is 0 Å². The molecule has 2 N–H and O–H groups in total. The van der Waals surface area contributed by atoms with Gasteiger partial charge in [0.1, 0.15) is 0 Å². The van der Waals surface area contributed by atoms with Crippen LogP contribution in [-0.4, -0.2) is 41.8 Å². The number of carboxylic acid groups (broad SMARTS) is 1. The Labute approximate surface area is 165 Å². The van der Waals surface area contributed by atoms with E-state index in [0.717, 1.165) is 0 Å². The third-order valence-corrected chi connectivity index (χ3v) is 5.12. The summed E-state index contributed by atoms with van der Waals surface area (Å²) >= 11 is 6.11. The largest absolute Gasteiger partial charge is 0.492 e. The number of benzene rings is 1. The van der Waals surface area contributed by atoms with Gasteiger partial charge in [-0.05, 0) is 56.4 Å². The van der Waals surface area contributed by atoms with Crippen molar-refractivity contribution in [3.8, 4) is 0 Å². The summed E-state index contributed by atoms with van der Waals surface area (Å²) in [6.07, 6.45) is 1.64. The standard InChI is InChI=1S/C19H25BClNO5/c1-12(23)22-11-15(20-26-18(2,3)19(4,5)27-20)8-14-9-16(21)7-6-13(14)10-17(24)25/h6-9H,10-11H2,1-5H3,(H,22,23)(H,24,25). The van der Waals surface area contributed by atoms with Crippen molar-refractivity contribution in [3.63, 3.8) is 0 Å². The average molecular weight is 394 g/mol. The topological polar surface area (TPSA) is 84.9 Å². The van der Waals surface area contributed by atoms with E-state index in [0.29, 0.717) is 21.6 Å². The SMILES string of the molecule is CC(=O)NCC(=Cc1cc(Cl)ccc1CC(=O)O)B1OC(C)(C)C(C)(C)O1. The van der Waals surface area contributed by atoms with Crippen LogP contribution in [0.15, 0.2) is 23.7 Å². The summed E-state index contributed by atoms with van der Waals surface area (Å²) in [4.78, 5) is 22.6. The zero-order valence-corrected chi connectivity index (χ0v) is 17.0. The first-order valence-electron chi connectivity index (χ1n) is 8.72. The lowest BCUT2D eigenvalue weighted by Crippen LogP contribution is -2.41. The number of halogens is 1. The van der Waals surface area contributed by atoms with Gasteiger partial charge in [-0.15, -0.1) is 0 Å². The number of amides is 1. The minimum atomic E-state index is -0.939. The molecule has 1 aliphatic rings. The number of carbonyl (C=O) groups excluding carboxylic acids is 1. The highest BCUT2D eigenvalue weighted by atomic mass is 35.5. The van der Waals surface area contributed by atoms with E-state index >= 15 is 0 Å². The van der Waals surface area contributed by atoms with Gasteiger partial charge in [-0.25, -0.2) is 0 Å². The predicted octanol–water partition coefficient (Wildman–Crippen LogP) is 3.12. The molecule has 0 aliphatic carbocycles. The Balaban J connectivity index is 2.44. The fourth-order valence-corrected chi connectivity index (χ4v) is 2.83. The molecule has 0 radical (unpaired) electrons. The van der Waals surface area contributed by atoms with Gasteiger partial charge < -0.3 is 19.7 Å². The quantitative estimate of drug-likeness (QED) is 0.725. The van der Waals surface area contributed by atoms with Crippen LogP contribution in [0, 0.1) is 0 Å². The molecule has 1 saturated heterocycles. The van der Waals surface area contributed by atoms with E-state index in [4.69, 9.17) is 26.0 Å². The van der Waals surface area contributed by atoms with Crippen LogP contribution in [0.2, 0.25) is 5.02 Å². The van der Waals surface area contributed by atoms with Crippen molar-refractivity contribution in [2.45, 2.75) is 52.2 Å². The van der Waals surface area contributed by atoms with Crippen molar-refractivity contribution >= 4 is 36.7 Å². The molecule has 0 bridgehead atoms. The van der Waals surface area contributed by atoms with E-state index < -0.39 is 24.3 Å². The second-order valence-corrected chi connectivity index (χ2v) is 8.07. The molecule has 1 aliphatic heterocycles. The summed E-state index contributed by atoms with van der Waals surface area (Å²) in [5.41, 5.74) is 0.873. The van der Waals surface area contributed by atoms with Crippen LogP contribution in [0.4, 0.5) is 0 Å². The lowest BCUT2D eigenvalue weighted by molar-refractivity contribution is -0.136. The van der Waals surface area contributed by atoms with E-state index in [1.165, 1.54) is 6.92 Å². The first-order chi connectivity index (χ1) is 12.4. The average Bonchev–Trinajstić information content (AvgIpc) is 2.73. The molecular formula is C19H25BClNO5. The lowest BCUT2D eigenvalue weighted by atomic mass is 9.76. The van der Waals surface area contributed by atoms with Gasteiger partial charge in [0.25, 0.3) is 0 Å². The second kappa shape index (κ2) is 8.04. The maximum absolute atomic E-state index is 11.4. The number of hydrogen-bond donors (Lipinski definition) is 2. The Morgan fingerprint density at radius 2 is 1.81 bits per heavy atom. The molecular weight excluding hydrogens is 368 g/mol. The monoisotopic (exact) mass is 393 g/mol. The highest BCUT2D eigenvalue weighted by Gasteiger charge is 2.52. The molecule has 1 aromatic carbocycles. The molecule has 27 heavy (non-hydrogen) atoms. The van der Waals surface area contributed by atoms with Crippen molar-refractivity contribution in [1.29, 1.82) is 0 Å². The van der Waals surface area contributed by atoms with E-state index in [2.05, 4.69) is 5.32 Å². The molecule has 0 atom stereocenters. The van der Waals surface area contributed by atoms with E-state index in [1.807, 2.05) is 27.7 Å². The minimum Gasteiger partial charge on any atom is -0.481 e. The van der Waals surface area contributed by atoms with Crippen molar-refractivity contribution in [2.75, 3.05) is 6.54 Å². The smallest absolute Gasteiger partial charge is 0.481 e. The minimum absolute atomic E-state index is 0.139. The number of rotatable bonds is 6. The summed E-state index contributed by atoms with van der Waals surface area (Å²) in [5, 5.41) is 12.4. The maximum Gasteiger partial charge on any atom is 0.492 e. The molecule has 6 nitrogen and oxygen atoms in total. The fraction of sp³-hybridized carbons (Fsp3) is 0.474. The van der Waals surface area contributed by atoms with Gasteiger partial charge in [0.15, 0.2) is 0 Å². The summed E-state index contributed by atoms with van der Waals surface area (Å²) in [6, 6.07) is 5.03. The molecule has 1 amide bonds. The van der Waals surface area contributed by atoms with Crippen LogP contribution >= 0.6 is 11.6 Å². The second-order valence-electron chi connectivity index (χ2n) is 7.63. The van der Waals surface area contributed by atoms with Crippen molar-refractivity contribution < 1.29 is 24.0 Å². The highest BCUT2D eigenvalue weighted by molar-refractivity contribution is 6.56. The predicted molar refractivity (Wildman–Crippen MR) is 106 cm³/mol. The number of aliphatic carboxylic acids is 1. The van der Waals surface area contributed by atoms with Crippen LogP contribution in [0.3, 0.4) is 0 Å². The van der Waals surface area contributed by atoms with Crippen molar-refractivity contribution in [1.82, 2.24) is 5.32 Å². The first kappa shape index (κ1) is 21.5. The van der Waals surface area contributed by atoms with E-state index in [9.17, 15) is 9.59 Å². The zero-order valence-electron chi connectivity index (χ0n) is 16.3.